The third kappa shape index (κ3) is 4.17. The van der Waals surface area contributed by atoms with E-state index in [1.807, 2.05) is 0 Å². The highest BCUT2D eigenvalue weighted by atomic mass is 19.2. The molecular formula is C14H20F2O2. The number of ether oxygens (including phenoxy) is 1. The van der Waals surface area contributed by atoms with E-state index in [1.165, 1.54) is 0 Å². The smallest absolute Gasteiger partial charge is 0.203 e. The van der Waals surface area contributed by atoms with Crippen LogP contribution in [0.25, 0.3) is 0 Å². The molecule has 0 aromatic heterocycles. The van der Waals surface area contributed by atoms with Gasteiger partial charge in [0.05, 0.1) is 6.61 Å². The van der Waals surface area contributed by atoms with E-state index in [-0.39, 0.29) is 5.76 Å². The van der Waals surface area contributed by atoms with Gasteiger partial charge in [-0.2, -0.15) is 8.78 Å². The van der Waals surface area contributed by atoms with Gasteiger partial charge in [-0.25, -0.2) is 0 Å². The molecule has 1 rings (SSSR count). The highest BCUT2D eigenvalue weighted by molar-refractivity contribution is 5.28. The zero-order valence-corrected chi connectivity index (χ0v) is 10.7. The van der Waals surface area contributed by atoms with Crippen molar-refractivity contribution >= 4 is 0 Å². The fourth-order valence-corrected chi connectivity index (χ4v) is 2.03. The molecule has 18 heavy (non-hydrogen) atoms. The van der Waals surface area contributed by atoms with Crippen LogP contribution in [0.15, 0.2) is 36.3 Å². The lowest BCUT2D eigenvalue weighted by Gasteiger charge is -2.26. The van der Waals surface area contributed by atoms with Crippen LogP contribution >= 0.6 is 0 Å². The van der Waals surface area contributed by atoms with Gasteiger partial charge in [0.25, 0.3) is 0 Å². The average molecular weight is 258 g/mol. The Bertz CT molecular complexity index is 353. The molecule has 0 unspecified atom stereocenters. The average Bonchev–Trinajstić information content (AvgIpc) is 2.35. The Labute approximate surface area is 107 Å². The molecule has 0 heterocycles. The Morgan fingerprint density at radius 3 is 2.22 bits per heavy atom. The second kappa shape index (κ2) is 6.57. The van der Waals surface area contributed by atoms with Gasteiger partial charge >= 0.3 is 0 Å². The van der Waals surface area contributed by atoms with Crippen molar-refractivity contribution in [1.82, 2.24) is 0 Å². The van der Waals surface area contributed by atoms with Crippen molar-refractivity contribution in [2.24, 2.45) is 11.8 Å². The fraction of sp³-hybridized carbons (Fsp3) is 0.571. The molecule has 1 aliphatic carbocycles. The van der Waals surface area contributed by atoms with Gasteiger partial charge < -0.3 is 9.84 Å². The maximum Gasteiger partial charge on any atom is 0.203 e. The lowest BCUT2D eigenvalue weighted by molar-refractivity contribution is 0.130. The van der Waals surface area contributed by atoms with E-state index in [4.69, 9.17) is 9.84 Å². The van der Waals surface area contributed by atoms with Crippen molar-refractivity contribution in [3.8, 4) is 0 Å². The Morgan fingerprint density at radius 2 is 1.72 bits per heavy atom. The first kappa shape index (κ1) is 14.7. The summed E-state index contributed by atoms with van der Waals surface area (Å²) in [5, 5.41) is 8.72. The molecule has 0 aromatic carbocycles. The predicted octanol–water partition coefficient (Wildman–Crippen LogP) is 4.57. The number of allylic oxidation sites excluding steroid dienone is 2. The summed E-state index contributed by atoms with van der Waals surface area (Å²) in [5.74, 6) is -2.95. The molecule has 1 aliphatic rings. The summed E-state index contributed by atoms with van der Waals surface area (Å²) >= 11 is 0. The molecule has 0 spiro atoms. The van der Waals surface area contributed by atoms with E-state index in [2.05, 4.69) is 20.1 Å². The first-order valence-corrected chi connectivity index (χ1v) is 6.17. The Kier molecular flexibility index (Phi) is 5.38. The van der Waals surface area contributed by atoms with Crippen molar-refractivity contribution in [2.75, 3.05) is 6.61 Å². The number of hydrogen-bond donors (Lipinski definition) is 1. The largest absolute Gasteiger partial charge is 0.505 e. The molecule has 0 atom stereocenters. The van der Waals surface area contributed by atoms with Crippen LogP contribution in [0.4, 0.5) is 8.78 Å². The van der Waals surface area contributed by atoms with Crippen LogP contribution in [0.5, 0.6) is 0 Å². The van der Waals surface area contributed by atoms with Crippen molar-refractivity contribution in [1.29, 1.82) is 0 Å². The second-order valence-corrected chi connectivity index (χ2v) is 4.93. The molecule has 0 saturated heterocycles. The SMILES string of the molecule is C=C(O)/C(F)=C(/F)C(=C)OCC1CCC(C)CC1. The number of halogens is 2. The monoisotopic (exact) mass is 258 g/mol. The maximum absolute atomic E-state index is 13.3. The van der Waals surface area contributed by atoms with Crippen molar-refractivity contribution in [3.63, 3.8) is 0 Å². The van der Waals surface area contributed by atoms with Gasteiger partial charge in [0.15, 0.2) is 5.76 Å². The lowest BCUT2D eigenvalue weighted by atomic mass is 9.83. The Hall–Kier alpha value is -1.32. The van der Waals surface area contributed by atoms with Crippen LogP contribution in [0.1, 0.15) is 32.6 Å². The van der Waals surface area contributed by atoms with Gasteiger partial charge in [-0.3, -0.25) is 0 Å². The van der Waals surface area contributed by atoms with Gasteiger partial charge in [-0.15, -0.1) is 0 Å². The van der Waals surface area contributed by atoms with Gasteiger partial charge in [0, 0.05) is 0 Å². The quantitative estimate of drug-likeness (QED) is 0.578. The van der Waals surface area contributed by atoms with Crippen LogP contribution in [0, 0.1) is 11.8 Å². The number of hydrogen-bond acceptors (Lipinski definition) is 2. The van der Waals surface area contributed by atoms with Gasteiger partial charge in [0.2, 0.25) is 11.7 Å². The zero-order chi connectivity index (χ0) is 13.7. The van der Waals surface area contributed by atoms with Gasteiger partial charge in [0.1, 0.15) is 5.76 Å². The van der Waals surface area contributed by atoms with Crippen LogP contribution in [-0.2, 0) is 4.74 Å². The molecule has 4 heteroatoms. The number of rotatable bonds is 5. The van der Waals surface area contributed by atoms with Crippen molar-refractivity contribution in [3.05, 3.63) is 36.3 Å². The molecule has 2 nitrogen and oxygen atoms in total. The van der Waals surface area contributed by atoms with E-state index in [1.54, 1.807) is 0 Å². The summed E-state index contributed by atoms with van der Waals surface area (Å²) in [6, 6.07) is 0. The highest BCUT2D eigenvalue weighted by Crippen LogP contribution is 2.29. The first-order chi connectivity index (χ1) is 8.41. The lowest BCUT2D eigenvalue weighted by Crippen LogP contribution is -2.17. The molecule has 0 aliphatic heterocycles. The second-order valence-electron chi connectivity index (χ2n) is 4.93. The summed E-state index contributed by atoms with van der Waals surface area (Å²) in [4.78, 5) is 0. The molecule has 102 valence electrons. The third-order valence-electron chi connectivity index (χ3n) is 3.32. The van der Waals surface area contributed by atoms with Crippen molar-refractivity contribution < 1.29 is 18.6 Å². The summed E-state index contributed by atoms with van der Waals surface area (Å²) in [5.41, 5.74) is 0. The van der Waals surface area contributed by atoms with Gasteiger partial charge in [-0.1, -0.05) is 32.9 Å². The highest BCUT2D eigenvalue weighted by Gasteiger charge is 2.20. The van der Waals surface area contributed by atoms with Crippen LogP contribution in [0.3, 0.4) is 0 Å². The maximum atomic E-state index is 13.3. The zero-order valence-electron chi connectivity index (χ0n) is 10.7. The van der Waals surface area contributed by atoms with E-state index >= 15 is 0 Å². The molecule has 1 fully saturated rings. The Morgan fingerprint density at radius 1 is 1.17 bits per heavy atom. The topological polar surface area (TPSA) is 29.5 Å². The third-order valence-corrected chi connectivity index (χ3v) is 3.32. The van der Waals surface area contributed by atoms with Gasteiger partial charge in [-0.05, 0) is 24.7 Å². The van der Waals surface area contributed by atoms with Crippen LogP contribution in [-0.4, -0.2) is 11.7 Å². The molecule has 0 bridgehead atoms. The molecule has 0 aromatic rings. The minimum absolute atomic E-state index is 0.337. The summed E-state index contributed by atoms with van der Waals surface area (Å²) in [6.07, 6.45) is 4.35. The van der Waals surface area contributed by atoms with E-state index in [0.717, 1.165) is 31.6 Å². The van der Waals surface area contributed by atoms with E-state index in [9.17, 15) is 8.78 Å². The molecule has 0 amide bonds. The van der Waals surface area contributed by atoms with Crippen LogP contribution in [0.2, 0.25) is 0 Å². The normalized spacial score (nSPS) is 25.3. The van der Waals surface area contributed by atoms with E-state index in [0.29, 0.717) is 12.5 Å². The standard InChI is InChI=1S/C14H20F2O2/c1-9-4-6-12(7-5-9)8-18-11(3)14(16)13(15)10(2)17/h9,12,17H,2-8H2,1H3/b14-13-. The predicted molar refractivity (Wildman–Crippen MR) is 67.2 cm³/mol. The minimum atomic E-state index is -1.42. The van der Waals surface area contributed by atoms with Crippen LogP contribution < -0.4 is 0 Å². The number of aliphatic hydroxyl groups is 1. The molecule has 1 N–H and O–H groups in total. The number of aliphatic hydroxyl groups excluding tert-OH is 1. The Balaban J connectivity index is 2.42. The first-order valence-electron chi connectivity index (χ1n) is 6.17. The molecule has 0 radical (unpaired) electrons. The summed E-state index contributed by atoms with van der Waals surface area (Å²) in [7, 11) is 0. The summed E-state index contributed by atoms with van der Waals surface area (Å²) < 4.78 is 31.4. The summed E-state index contributed by atoms with van der Waals surface area (Å²) in [6.45, 7) is 8.76. The van der Waals surface area contributed by atoms with Crippen molar-refractivity contribution in [2.45, 2.75) is 32.6 Å². The minimum Gasteiger partial charge on any atom is -0.505 e. The fourth-order valence-electron chi connectivity index (χ4n) is 2.03. The molecular weight excluding hydrogens is 238 g/mol. The molecule has 1 saturated carbocycles. The van der Waals surface area contributed by atoms with E-state index < -0.39 is 17.4 Å².